The minimum atomic E-state index is -0.0718. The molecule has 3 rings (SSSR count). The summed E-state index contributed by atoms with van der Waals surface area (Å²) in [6, 6.07) is 0. The van der Waals surface area contributed by atoms with Gasteiger partial charge in [0.05, 0.1) is 30.8 Å². The minimum Gasteiger partial charge on any atom is -0.465 e. The van der Waals surface area contributed by atoms with Gasteiger partial charge in [0.15, 0.2) is 0 Å². The van der Waals surface area contributed by atoms with E-state index >= 15 is 0 Å². The van der Waals surface area contributed by atoms with Crippen LogP contribution in [-0.2, 0) is 19.0 Å². The summed E-state index contributed by atoms with van der Waals surface area (Å²) in [5.41, 5.74) is 0. The van der Waals surface area contributed by atoms with Crippen molar-refractivity contribution in [2.75, 3.05) is 13.2 Å². The fourth-order valence-corrected chi connectivity index (χ4v) is 2.97. The molecule has 3 heterocycles. The van der Waals surface area contributed by atoms with Crippen LogP contribution in [0.5, 0.6) is 0 Å². The second kappa shape index (κ2) is 2.94. The van der Waals surface area contributed by atoms with Crippen LogP contribution in [0.4, 0.5) is 0 Å². The number of hydrogen-bond acceptors (Lipinski definition) is 4. The Labute approximate surface area is 82.5 Å². The van der Waals surface area contributed by atoms with Crippen LogP contribution in [0.2, 0.25) is 0 Å². The molecule has 3 aliphatic heterocycles. The fourth-order valence-electron chi connectivity index (χ4n) is 2.97. The summed E-state index contributed by atoms with van der Waals surface area (Å²) in [6.07, 6.45) is 1.18. The Kier molecular flexibility index (Phi) is 1.82. The molecule has 0 aromatic rings. The van der Waals surface area contributed by atoms with Gasteiger partial charge in [-0.1, -0.05) is 0 Å². The molecule has 5 atom stereocenters. The van der Waals surface area contributed by atoms with Crippen LogP contribution in [0.25, 0.3) is 0 Å². The predicted octanol–water partition coefficient (Wildman–Crippen LogP) is 0.352. The van der Waals surface area contributed by atoms with Gasteiger partial charge in [0.2, 0.25) is 0 Å². The molecule has 0 spiro atoms. The summed E-state index contributed by atoms with van der Waals surface area (Å²) in [5, 5.41) is 0. The summed E-state index contributed by atoms with van der Waals surface area (Å²) in [6.45, 7) is 3.22. The molecule has 0 aromatic carbocycles. The molecule has 5 unspecified atom stereocenters. The van der Waals surface area contributed by atoms with Crippen molar-refractivity contribution in [2.45, 2.75) is 31.7 Å². The molecule has 4 nitrogen and oxygen atoms in total. The first-order chi connectivity index (χ1) is 6.81. The number of rotatable bonds is 2. The molecular formula is C10H14O4. The van der Waals surface area contributed by atoms with E-state index in [1.54, 1.807) is 0 Å². The largest absolute Gasteiger partial charge is 0.465 e. The minimum absolute atomic E-state index is 0.00305. The van der Waals surface area contributed by atoms with E-state index in [1.807, 2.05) is 6.92 Å². The summed E-state index contributed by atoms with van der Waals surface area (Å²) in [4.78, 5) is 11.4. The van der Waals surface area contributed by atoms with E-state index in [-0.39, 0.29) is 36.1 Å². The van der Waals surface area contributed by atoms with Crippen molar-refractivity contribution in [3.63, 3.8) is 0 Å². The van der Waals surface area contributed by atoms with Crippen molar-refractivity contribution in [3.8, 4) is 0 Å². The molecule has 0 aromatic heterocycles. The van der Waals surface area contributed by atoms with Crippen LogP contribution in [0.15, 0.2) is 0 Å². The number of ether oxygens (including phenoxy) is 3. The Morgan fingerprint density at radius 1 is 1.57 bits per heavy atom. The van der Waals surface area contributed by atoms with Gasteiger partial charge in [-0.3, -0.25) is 4.79 Å². The van der Waals surface area contributed by atoms with Crippen LogP contribution in [0.3, 0.4) is 0 Å². The highest BCUT2D eigenvalue weighted by atomic mass is 16.6. The van der Waals surface area contributed by atoms with E-state index in [2.05, 4.69) is 0 Å². The van der Waals surface area contributed by atoms with E-state index in [9.17, 15) is 4.79 Å². The second-order valence-corrected chi connectivity index (χ2v) is 4.19. The first-order valence-electron chi connectivity index (χ1n) is 5.25. The Balaban J connectivity index is 1.79. The SMILES string of the molecule is CCOC1CC2OC1C1COC(=O)C21. The quantitative estimate of drug-likeness (QED) is 0.601. The van der Waals surface area contributed by atoms with Gasteiger partial charge in [-0.2, -0.15) is 0 Å². The third-order valence-corrected chi connectivity index (χ3v) is 3.52. The third kappa shape index (κ3) is 0.982. The summed E-state index contributed by atoms with van der Waals surface area (Å²) in [7, 11) is 0. The lowest BCUT2D eigenvalue weighted by Gasteiger charge is -2.24. The normalized spacial score (nSPS) is 49.5. The molecule has 0 N–H and O–H groups in total. The highest BCUT2D eigenvalue weighted by Crippen LogP contribution is 2.47. The molecule has 2 bridgehead atoms. The van der Waals surface area contributed by atoms with Crippen molar-refractivity contribution < 1.29 is 19.0 Å². The standard InChI is InChI=1S/C10H14O4/c1-2-12-7-3-6-8-5(9(7)14-6)4-13-10(8)11/h5-9H,2-4H2,1H3. The lowest BCUT2D eigenvalue weighted by atomic mass is 9.80. The van der Waals surface area contributed by atoms with E-state index in [0.29, 0.717) is 13.2 Å². The van der Waals surface area contributed by atoms with Crippen molar-refractivity contribution in [3.05, 3.63) is 0 Å². The molecule has 0 amide bonds. The lowest BCUT2D eigenvalue weighted by Crippen LogP contribution is -2.38. The second-order valence-electron chi connectivity index (χ2n) is 4.19. The van der Waals surface area contributed by atoms with Gasteiger partial charge in [-0.25, -0.2) is 0 Å². The molecule has 3 aliphatic rings. The molecule has 14 heavy (non-hydrogen) atoms. The molecule has 0 aliphatic carbocycles. The van der Waals surface area contributed by atoms with Crippen LogP contribution in [0, 0.1) is 11.8 Å². The van der Waals surface area contributed by atoms with Gasteiger partial charge >= 0.3 is 5.97 Å². The van der Waals surface area contributed by atoms with Gasteiger partial charge in [-0.15, -0.1) is 0 Å². The van der Waals surface area contributed by atoms with Gasteiger partial charge in [0.1, 0.15) is 0 Å². The van der Waals surface area contributed by atoms with E-state index < -0.39 is 0 Å². The van der Waals surface area contributed by atoms with Gasteiger partial charge in [-0.05, 0) is 6.92 Å². The zero-order valence-corrected chi connectivity index (χ0v) is 8.14. The Hall–Kier alpha value is -0.610. The molecule has 3 saturated heterocycles. The molecule has 3 fully saturated rings. The smallest absolute Gasteiger partial charge is 0.312 e. The number of cyclic esters (lactones) is 1. The van der Waals surface area contributed by atoms with E-state index in [0.717, 1.165) is 6.42 Å². The topological polar surface area (TPSA) is 44.8 Å². The number of carbonyl (C=O) groups is 1. The number of fused-ring (bicyclic) bond motifs is 5. The summed E-state index contributed by atoms with van der Waals surface area (Å²) >= 11 is 0. The average molecular weight is 198 g/mol. The zero-order chi connectivity index (χ0) is 9.71. The van der Waals surface area contributed by atoms with E-state index in [4.69, 9.17) is 14.2 Å². The third-order valence-electron chi connectivity index (χ3n) is 3.52. The summed E-state index contributed by atoms with van der Waals surface area (Å²) < 4.78 is 16.4. The van der Waals surface area contributed by atoms with E-state index in [1.165, 1.54) is 0 Å². The fraction of sp³-hybridized carbons (Fsp3) is 0.900. The zero-order valence-electron chi connectivity index (χ0n) is 8.14. The van der Waals surface area contributed by atoms with Crippen molar-refractivity contribution in [2.24, 2.45) is 11.8 Å². The highest BCUT2D eigenvalue weighted by Gasteiger charge is 2.60. The van der Waals surface area contributed by atoms with Crippen molar-refractivity contribution in [1.29, 1.82) is 0 Å². The van der Waals surface area contributed by atoms with Crippen molar-refractivity contribution >= 4 is 5.97 Å². The summed E-state index contributed by atoms with van der Waals surface area (Å²) in [5.74, 6) is 0.173. The Morgan fingerprint density at radius 3 is 3.21 bits per heavy atom. The van der Waals surface area contributed by atoms with Crippen LogP contribution >= 0.6 is 0 Å². The highest BCUT2D eigenvalue weighted by molar-refractivity contribution is 5.76. The Morgan fingerprint density at radius 2 is 2.43 bits per heavy atom. The van der Waals surface area contributed by atoms with Crippen LogP contribution < -0.4 is 0 Å². The van der Waals surface area contributed by atoms with Gasteiger partial charge in [0.25, 0.3) is 0 Å². The Bertz CT molecular complexity index is 265. The number of carbonyl (C=O) groups excluding carboxylic acids is 1. The first-order valence-corrected chi connectivity index (χ1v) is 5.25. The van der Waals surface area contributed by atoms with Crippen molar-refractivity contribution in [1.82, 2.24) is 0 Å². The molecular weight excluding hydrogens is 184 g/mol. The number of hydrogen-bond donors (Lipinski definition) is 0. The maximum atomic E-state index is 11.4. The first kappa shape index (κ1) is 8.68. The van der Waals surface area contributed by atoms with Gasteiger partial charge in [0, 0.05) is 18.9 Å². The monoisotopic (exact) mass is 198 g/mol. The maximum absolute atomic E-state index is 11.4. The van der Waals surface area contributed by atoms with Crippen LogP contribution in [-0.4, -0.2) is 37.5 Å². The van der Waals surface area contributed by atoms with Crippen LogP contribution in [0.1, 0.15) is 13.3 Å². The maximum Gasteiger partial charge on any atom is 0.312 e. The average Bonchev–Trinajstić information content (AvgIpc) is 2.78. The molecule has 4 heteroatoms. The van der Waals surface area contributed by atoms with Gasteiger partial charge < -0.3 is 14.2 Å². The lowest BCUT2D eigenvalue weighted by molar-refractivity contribution is -0.143. The number of esters is 1. The molecule has 0 saturated carbocycles. The molecule has 78 valence electrons. The molecule has 0 radical (unpaired) electrons. The predicted molar refractivity (Wildman–Crippen MR) is 46.6 cm³/mol.